The number of benzene rings is 2. The third-order valence-corrected chi connectivity index (χ3v) is 6.62. The zero-order chi connectivity index (χ0) is 22.5. The van der Waals surface area contributed by atoms with Crippen LogP contribution in [0.2, 0.25) is 0 Å². The van der Waals surface area contributed by atoms with Crippen molar-refractivity contribution < 1.29 is 14.2 Å². The highest BCUT2D eigenvalue weighted by Gasteiger charge is 2.20. The molecule has 1 heterocycles. The first-order valence-corrected chi connectivity index (χ1v) is 11.9. The highest BCUT2D eigenvalue weighted by molar-refractivity contribution is 5.72. The van der Waals surface area contributed by atoms with Gasteiger partial charge in [-0.2, -0.15) is 0 Å². The number of methoxy groups -OCH3 is 1. The summed E-state index contributed by atoms with van der Waals surface area (Å²) >= 11 is 0. The molecule has 172 valence electrons. The average Bonchev–Trinajstić information content (AvgIpc) is 2.80. The van der Waals surface area contributed by atoms with Crippen LogP contribution >= 0.6 is 0 Å². The summed E-state index contributed by atoms with van der Waals surface area (Å²) in [7, 11) is 1.74. The highest BCUT2D eigenvalue weighted by Crippen LogP contribution is 2.34. The molecule has 0 atom stereocenters. The second-order valence-electron chi connectivity index (χ2n) is 9.47. The Morgan fingerprint density at radius 1 is 1.03 bits per heavy atom. The maximum Gasteiger partial charge on any atom is 0.125 e. The number of nitrogens with zero attached hydrogens (tertiary/aromatic N) is 1. The first-order chi connectivity index (χ1) is 15.5. The van der Waals surface area contributed by atoms with Crippen LogP contribution in [0.1, 0.15) is 49.4 Å². The van der Waals surface area contributed by atoms with Crippen LogP contribution in [0.5, 0.6) is 11.5 Å². The second kappa shape index (κ2) is 10.5. The van der Waals surface area contributed by atoms with Crippen molar-refractivity contribution in [2.24, 2.45) is 5.92 Å². The Balaban J connectivity index is 1.43. The Morgan fingerprint density at radius 3 is 2.59 bits per heavy atom. The summed E-state index contributed by atoms with van der Waals surface area (Å²) in [5.41, 5.74) is 8.17. The van der Waals surface area contributed by atoms with E-state index in [1.807, 2.05) is 0 Å². The van der Waals surface area contributed by atoms with E-state index in [1.165, 1.54) is 22.3 Å². The standard InChI is InChI=1S/C28H37NO3/c1-20(2)15-22-5-6-25(28(16-22)30-4)19-32-26-9-10-27-21(3)24(8-7-23(27)17-26)18-29-11-13-31-14-12-29/h5-6,9-10,16-17,20H,7-8,11-15,18-19H2,1-4H3. The Kier molecular flexibility index (Phi) is 7.54. The van der Waals surface area contributed by atoms with E-state index in [1.54, 1.807) is 12.7 Å². The molecule has 1 aliphatic heterocycles. The SMILES string of the molecule is COc1cc(CC(C)C)ccc1COc1ccc2c(c1)CCC(CN1CCOCC1)=C2C. The molecule has 1 aliphatic carbocycles. The van der Waals surface area contributed by atoms with Gasteiger partial charge in [-0.25, -0.2) is 0 Å². The van der Waals surface area contributed by atoms with Gasteiger partial charge in [0.1, 0.15) is 18.1 Å². The molecular formula is C28H37NO3. The highest BCUT2D eigenvalue weighted by atomic mass is 16.5. The van der Waals surface area contributed by atoms with E-state index in [0.717, 1.165) is 69.2 Å². The van der Waals surface area contributed by atoms with Crippen molar-refractivity contribution in [3.8, 4) is 11.5 Å². The predicted molar refractivity (Wildman–Crippen MR) is 130 cm³/mol. The van der Waals surface area contributed by atoms with Crippen LogP contribution in [0.25, 0.3) is 5.57 Å². The maximum absolute atomic E-state index is 6.19. The quantitative estimate of drug-likeness (QED) is 0.546. The van der Waals surface area contributed by atoms with Crippen molar-refractivity contribution in [2.45, 2.75) is 46.6 Å². The van der Waals surface area contributed by atoms with Crippen molar-refractivity contribution in [1.82, 2.24) is 4.90 Å². The predicted octanol–water partition coefficient (Wildman–Crippen LogP) is 5.52. The van der Waals surface area contributed by atoms with Crippen molar-refractivity contribution in [2.75, 3.05) is 40.0 Å². The Labute approximate surface area is 193 Å². The molecule has 0 aromatic heterocycles. The molecule has 0 amide bonds. The summed E-state index contributed by atoms with van der Waals surface area (Å²) in [6, 6.07) is 13.1. The molecule has 0 spiro atoms. The summed E-state index contributed by atoms with van der Waals surface area (Å²) in [6.45, 7) is 12.1. The Hall–Kier alpha value is -2.30. The van der Waals surface area contributed by atoms with Gasteiger partial charge in [0.05, 0.1) is 20.3 Å². The lowest BCUT2D eigenvalue weighted by Gasteiger charge is -2.30. The zero-order valence-corrected chi connectivity index (χ0v) is 20.1. The monoisotopic (exact) mass is 435 g/mol. The van der Waals surface area contributed by atoms with Gasteiger partial charge in [0.25, 0.3) is 0 Å². The average molecular weight is 436 g/mol. The first kappa shape index (κ1) is 22.9. The van der Waals surface area contributed by atoms with Crippen LogP contribution in [0.4, 0.5) is 0 Å². The van der Waals surface area contributed by atoms with Gasteiger partial charge in [0, 0.05) is 25.2 Å². The number of ether oxygens (including phenoxy) is 3. The van der Waals surface area contributed by atoms with Gasteiger partial charge in [0.15, 0.2) is 0 Å². The van der Waals surface area contributed by atoms with Crippen LogP contribution in [0.15, 0.2) is 42.0 Å². The number of fused-ring (bicyclic) bond motifs is 1. The Morgan fingerprint density at radius 2 is 1.84 bits per heavy atom. The second-order valence-corrected chi connectivity index (χ2v) is 9.47. The molecule has 0 saturated carbocycles. The van der Waals surface area contributed by atoms with E-state index in [2.05, 4.69) is 62.1 Å². The number of morpholine rings is 1. The summed E-state index contributed by atoms with van der Waals surface area (Å²) in [6.07, 6.45) is 3.27. The number of hydrogen-bond acceptors (Lipinski definition) is 4. The molecule has 1 saturated heterocycles. The third kappa shape index (κ3) is 5.54. The van der Waals surface area contributed by atoms with Crippen molar-refractivity contribution >= 4 is 5.57 Å². The van der Waals surface area contributed by atoms with Crippen molar-refractivity contribution in [3.05, 3.63) is 64.2 Å². The third-order valence-electron chi connectivity index (χ3n) is 6.62. The summed E-state index contributed by atoms with van der Waals surface area (Å²) in [5, 5.41) is 0. The van der Waals surface area contributed by atoms with Crippen molar-refractivity contribution in [1.29, 1.82) is 0 Å². The molecule has 2 aliphatic rings. The molecular weight excluding hydrogens is 398 g/mol. The lowest BCUT2D eigenvalue weighted by Crippen LogP contribution is -2.37. The van der Waals surface area contributed by atoms with Gasteiger partial charge in [-0.3, -0.25) is 4.90 Å². The fourth-order valence-electron chi connectivity index (χ4n) is 4.79. The van der Waals surface area contributed by atoms with Crippen LogP contribution < -0.4 is 9.47 Å². The number of aryl methyl sites for hydroxylation is 1. The molecule has 0 radical (unpaired) electrons. The minimum atomic E-state index is 0.515. The van der Waals surface area contributed by atoms with Crippen LogP contribution in [0, 0.1) is 5.92 Å². The molecule has 4 rings (SSSR count). The maximum atomic E-state index is 6.19. The molecule has 0 bridgehead atoms. The fourth-order valence-corrected chi connectivity index (χ4v) is 4.79. The van der Waals surface area contributed by atoms with E-state index in [4.69, 9.17) is 14.2 Å². The van der Waals surface area contributed by atoms with Gasteiger partial charge in [-0.15, -0.1) is 0 Å². The normalized spacial score (nSPS) is 16.9. The van der Waals surface area contributed by atoms with E-state index >= 15 is 0 Å². The van der Waals surface area contributed by atoms with E-state index in [0.29, 0.717) is 12.5 Å². The smallest absolute Gasteiger partial charge is 0.125 e. The van der Waals surface area contributed by atoms with Gasteiger partial charge >= 0.3 is 0 Å². The lowest BCUT2D eigenvalue weighted by atomic mass is 9.86. The van der Waals surface area contributed by atoms with Crippen molar-refractivity contribution in [3.63, 3.8) is 0 Å². The minimum absolute atomic E-state index is 0.515. The first-order valence-electron chi connectivity index (χ1n) is 11.9. The van der Waals surface area contributed by atoms with Crippen LogP contribution in [-0.2, 0) is 24.2 Å². The summed E-state index contributed by atoms with van der Waals surface area (Å²) < 4.78 is 17.3. The summed E-state index contributed by atoms with van der Waals surface area (Å²) in [5.74, 6) is 2.47. The van der Waals surface area contributed by atoms with E-state index < -0.39 is 0 Å². The molecule has 32 heavy (non-hydrogen) atoms. The molecule has 0 unspecified atom stereocenters. The van der Waals surface area contributed by atoms with E-state index in [9.17, 15) is 0 Å². The van der Waals surface area contributed by atoms with Gasteiger partial charge < -0.3 is 14.2 Å². The van der Waals surface area contributed by atoms with Gasteiger partial charge in [-0.05, 0) is 72.6 Å². The molecule has 4 heteroatoms. The topological polar surface area (TPSA) is 30.9 Å². The molecule has 2 aromatic carbocycles. The number of rotatable bonds is 8. The van der Waals surface area contributed by atoms with Gasteiger partial charge in [0.2, 0.25) is 0 Å². The van der Waals surface area contributed by atoms with Crippen LogP contribution in [0.3, 0.4) is 0 Å². The Bertz CT molecular complexity index is 957. The van der Waals surface area contributed by atoms with Crippen LogP contribution in [-0.4, -0.2) is 44.9 Å². The van der Waals surface area contributed by atoms with Gasteiger partial charge in [-0.1, -0.05) is 37.6 Å². The molecule has 4 nitrogen and oxygen atoms in total. The fraction of sp³-hybridized carbons (Fsp3) is 0.500. The number of hydrogen-bond donors (Lipinski definition) is 0. The molecule has 1 fully saturated rings. The minimum Gasteiger partial charge on any atom is -0.496 e. The largest absolute Gasteiger partial charge is 0.496 e. The molecule has 2 aromatic rings. The summed E-state index contributed by atoms with van der Waals surface area (Å²) in [4.78, 5) is 2.52. The lowest BCUT2D eigenvalue weighted by molar-refractivity contribution is 0.0420. The molecule has 0 N–H and O–H groups in total. The zero-order valence-electron chi connectivity index (χ0n) is 20.1. The van der Waals surface area contributed by atoms with E-state index in [-0.39, 0.29) is 0 Å². The number of allylic oxidation sites excluding steroid dienone is 1.